The fourth-order valence-electron chi connectivity index (χ4n) is 9.78. The number of hydrogen-bond acceptors (Lipinski definition) is 0. The van der Waals surface area contributed by atoms with Gasteiger partial charge in [0.2, 0.25) is 0 Å². The number of benzene rings is 8. The van der Waals surface area contributed by atoms with Crippen molar-refractivity contribution in [3.8, 4) is 0 Å². The molecule has 8 aromatic carbocycles. The molecule has 0 atom stereocenters. The van der Waals surface area contributed by atoms with E-state index in [0.29, 0.717) is 11.8 Å². The van der Waals surface area contributed by atoms with Gasteiger partial charge in [-0.2, -0.15) is 0 Å². The number of rotatable bonds is 0. The standard InChI is InChI=1S/C40H22/c1-5-21-9-13-25-17-27-15-11-23-7-3-20-4-8-24-12-16-28-18-26-14-10-22-6-2-19(1)29-31(21)35(25)39-37(27)33(23)30(20)34(24)38(28)40(39)36(26)32(22)29/h1-16,39-40H,17-18H2. The molecule has 12 rings (SSSR count). The molecule has 0 N–H and O–H groups in total. The summed E-state index contributed by atoms with van der Waals surface area (Å²) in [7, 11) is 0. The predicted octanol–water partition coefficient (Wildman–Crippen LogP) is 10.0. The highest BCUT2D eigenvalue weighted by Crippen LogP contribution is 2.62. The van der Waals surface area contributed by atoms with Gasteiger partial charge in [-0.3, -0.25) is 0 Å². The average Bonchev–Trinajstić information content (AvgIpc) is 3.24. The van der Waals surface area contributed by atoms with Crippen molar-refractivity contribution < 1.29 is 0 Å². The maximum atomic E-state index is 2.45. The minimum Gasteiger partial charge on any atom is -0.0578 e. The second-order valence-electron chi connectivity index (χ2n) is 12.7. The minimum absolute atomic E-state index is 0.316. The molecule has 0 fully saturated rings. The Morgan fingerprint density at radius 3 is 0.775 bits per heavy atom. The summed E-state index contributed by atoms with van der Waals surface area (Å²) in [4.78, 5) is 0. The summed E-state index contributed by atoms with van der Waals surface area (Å²) >= 11 is 0. The Labute approximate surface area is 230 Å². The lowest BCUT2D eigenvalue weighted by molar-refractivity contribution is 0.669. The van der Waals surface area contributed by atoms with Gasteiger partial charge in [0.05, 0.1) is 0 Å². The third kappa shape index (κ3) is 1.90. The van der Waals surface area contributed by atoms with Gasteiger partial charge >= 0.3 is 0 Å². The Kier molecular flexibility index (Phi) is 2.94. The molecule has 4 aliphatic rings. The van der Waals surface area contributed by atoms with E-state index in [1.54, 1.807) is 22.3 Å². The Morgan fingerprint density at radius 2 is 0.500 bits per heavy atom. The van der Waals surface area contributed by atoms with Crippen molar-refractivity contribution in [3.63, 3.8) is 0 Å². The maximum Gasteiger partial charge on any atom is 0.0218 e. The van der Waals surface area contributed by atoms with Crippen LogP contribution in [0.25, 0.3) is 64.6 Å². The summed E-state index contributed by atoms with van der Waals surface area (Å²) in [6, 6.07) is 38.4. The first-order chi connectivity index (χ1) is 19.8. The molecule has 0 heteroatoms. The Balaban J connectivity index is 1.49. The van der Waals surface area contributed by atoms with E-state index in [-0.39, 0.29) is 0 Å². The minimum atomic E-state index is 0.316. The second-order valence-corrected chi connectivity index (χ2v) is 12.7. The average molecular weight is 503 g/mol. The van der Waals surface area contributed by atoms with E-state index < -0.39 is 0 Å². The molecule has 8 aromatic rings. The molecule has 0 nitrogen and oxygen atoms in total. The van der Waals surface area contributed by atoms with Crippen LogP contribution >= 0.6 is 0 Å². The van der Waals surface area contributed by atoms with Crippen LogP contribution in [0.2, 0.25) is 0 Å². The Morgan fingerprint density at radius 1 is 0.275 bits per heavy atom. The predicted molar refractivity (Wildman–Crippen MR) is 167 cm³/mol. The molecule has 0 heterocycles. The molecule has 0 amide bonds. The summed E-state index contributed by atoms with van der Waals surface area (Å²) in [5.74, 6) is 0.632. The molecule has 0 saturated heterocycles. The topological polar surface area (TPSA) is 0 Å². The van der Waals surface area contributed by atoms with Crippen LogP contribution in [-0.2, 0) is 12.8 Å². The van der Waals surface area contributed by atoms with Crippen molar-refractivity contribution >= 4 is 64.6 Å². The molecule has 0 bridgehead atoms. The Hall–Kier alpha value is -4.68. The molecular formula is C40H22. The lowest BCUT2D eigenvalue weighted by atomic mass is 9.64. The quantitative estimate of drug-likeness (QED) is 0.181. The van der Waals surface area contributed by atoms with Crippen molar-refractivity contribution in [2.75, 3.05) is 0 Å². The summed E-state index contributed by atoms with van der Waals surface area (Å²) in [5, 5.41) is 17.4. The van der Waals surface area contributed by atoms with Crippen molar-refractivity contribution in [1.82, 2.24) is 0 Å². The van der Waals surface area contributed by atoms with Gasteiger partial charge in [-0.1, -0.05) is 97.1 Å². The van der Waals surface area contributed by atoms with E-state index >= 15 is 0 Å². The van der Waals surface area contributed by atoms with Crippen molar-refractivity contribution in [2.45, 2.75) is 24.7 Å². The van der Waals surface area contributed by atoms with Gasteiger partial charge in [0, 0.05) is 11.8 Å². The summed E-state index contributed by atoms with van der Waals surface area (Å²) in [6.45, 7) is 0. The van der Waals surface area contributed by atoms with Gasteiger partial charge in [-0.05, 0) is 122 Å². The summed E-state index contributed by atoms with van der Waals surface area (Å²) in [6.07, 6.45) is 2.04. The van der Waals surface area contributed by atoms with E-state index in [1.165, 1.54) is 86.9 Å². The fraction of sp³-hybridized carbons (Fsp3) is 0.100. The van der Waals surface area contributed by atoms with Gasteiger partial charge in [-0.25, -0.2) is 0 Å². The van der Waals surface area contributed by atoms with Gasteiger partial charge in [0.15, 0.2) is 0 Å². The zero-order valence-electron chi connectivity index (χ0n) is 21.8. The first-order valence-corrected chi connectivity index (χ1v) is 14.7. The zero-order valence-corrected chi connectivity index (χ0v) is 21.8. The normalized spacial score (nSPS) is 18.8. The summed E-state index contributed by atoms with van der Waals surface area (Å²) in [5.41, 5.74) is 12.5. The second kappa shape index (κ2) is 6.06. The van der Waals surface area contributed by atoms with E-state index in [4.69, 9.17) is 0 Å². The van der Waals surface area contributed by atoms with Crippen LogP contribution in [-0.4, -0.2) is 0 Å². The fourth-order valence-corrected chi connectivity index (χ4v) is 9.78. The molecule has 0 unspecified atom stereocenters. The molecule has 182 valence electrons. The van der Waals surface area contributed by atoms with E-state index in [2.05, 4.69) is 97.1 Å². The van der Waals surface area contributed by atoms with Crippen molar-refractivity contribution in [3.05, 3.63) is 142 Å². The van der Waals surface area contributed by atoms with Crippen LogP contribution in [0.5, 0.6) is 0 Å². The van der Waals surface area contributed by atoms with Crippen LogP contribution in [0.4, 0.5) is 0 Å². The number of hydrogen-bond donors (Lipinski definition) is 0. The monoisotopic (exact) mass is 502 g/mol. The van der Waals surface area contributed by atoms with Gasteiger partial charge in [-0.15, -0.1) is 0 Å². The van der Waals surface area contributed by atoms with Crippen molar-refractivity contribution in [1.29, 1.82) is 0 Å². The smallest absolute Gasteiger partial charge is 0.0218 e. The molecule has 0 aromatic heterocycles. The maximum absolute atomic E-state index is 2.45. The molecule has 40 heavy (non-hydrogen) atoms. The highest BCUT2D eigenvalue weighted by molar-refractivity contribution is 6.27. The third-order valence-corrected chi connectivity index (χ3v) is 11.2. The van der Waals surface area contributed by atoms with Crippen LogP contribution in [0.15, 0.2) is 97.1 Å². The van der Waals surface area contributed by atoms with Crippen LogP contribution in [0, 0.1) is 0 Å². The lowest BCUT2D eigenvalue weighted by Crippen LogP contribution is -2.24. The highest BCUT2D eigenvalue weighted by Gasteiger charge is 2.44. The molecule has 0 spiro atoms. The molecule has 0 aliphatic heterocycles. The lowest BCUT2D eigenvalue weighted by Gasteiger charge is -2.38. The van der Waals surface area contributed by atoms with Gasteiger partial charge < -0.3 is 0 Å². The third-order valence-electron chi connectivity index (χ3n) is 11.2. The van der Waals surface area contributed by atoms with Gasteiger partial charge in [0.1, 0.15) is 0 Å². The van der Waals surface area contributed by atoms with Crippen molar-refractivity contribution in [2.24, 2.45) is 0 Å². The zero-order chi connectivity index (χ0) is 25.4. The Bertz CT molecular complexity index is 2240. The summed E-state index contributed by atoms with van der Waals surface area (Å²) < 4.78 is 0. The molecule has 0 radical (unpaired) electrons. The van der Waals surface area contributed by atoms with E-state index in [1.807, 2.05) is 0 Å². The van der Waals surface area contributed by atoms with E-state index in [0.717, 1.165) is 12.8 Å². The highest BCUT2D eigenvalue weighted by atomic mass is 14.5. The molecular weight excluding hydrogens is 480 g/mol. The largest absolute Gasteiger partial charge is 0.0578 e. The van der Waals surface area contributed by atoms with E-state index in [9.17, 15) is 0 Å². The molecule has 4 aliphatic carbocycles. The first-order valence-electron chi connectivity index (χ1n) is 14.7. The first kappa shape index (κ1) is 19.4. The van der Waals surface area contributed by atoms with Gasteiger partial charge in [0.25, 0.3) is 0 Å². The van der Waals surface area contributed by atoms with Crippen LogP contribution in [0.1, 0.15) is 56.3 Å². The van der Waals surface area contributed by atoms with Crippen LogP contribution < -0.4 is 0 Å². The van der Waals surface area contributed by atoms with Crippen LogP contribution in [0.3, 0.4) is 0 Å². The SMILES string of the molecule is c1cc2ccc3ccc4ccc5c6c4c3c2c2c1Cc1ccc3ccc4ccc7ccc(c8c7c4c3c1C2C68)C5. The molecule has 0 saturated carbocycles.